The zero-order valence-electron chi connectivity index (χ0n) is 19.0. The first-order valence-corrected chi connectivity index (χ1v) is 11.4. The van der Waals surface area contributed by atoms with Crippen LogP contribution in [0.4, 0.5) is 16.2 Å². The van der Waals surface area contributed by atoms with Crippen LogP contribution in [0.5, 0.6) is 0 Å². The third kappa shape index (κ3) is 5.40. The van der Waals surface area contributed by atoms with Crippen LogP contribution >= 0.6 is 0 Å². The number of para-hydroxylation sites is 1. The van der Waals surface area contributed by atoms with Gasteiger partial charge in [-0.05, 0) is 49.2 Å². The van der Waals surface area contributed by atoms with Crippen molar-refractivity contribution in [3.05, 3.63) is 59.7 Å². The van der Waals surface area contributed by atoms with E-state index in [2.05, 4.69) is 51.6 Å². The normalized spacial score (nSPS) is 19.3. The lowest BCUT2D eigenvalue weighted by atomic mass is 10.1. The second-order valence-corrected chi connectivity index (χ2v) is 8.74. The van der Waals surface area contributed by atoms with Gasteiger partial charge in [-0.25, -0.2) is 4.79 Å². The van der Waals surface area contributed by atoms with Gasteiger partial charge in [0.25, 0.3) is 0 Å². The molecule has 2 saturated heterocycles. The highest BCUT2D eigenvalue weighted by Crippen LogP contribution is 2.24. The van der Waals surface area contributed by atoms with Gasteiger partial charge in [-0.3, -0.25) is 9.69 Å². The molecule has 0 aliphatic carbocycles. The number of amides is 3. The molecule has 1 unspecified atom stereocenters. The first-order chi connectivity index (χ1) is 15.5. The predicted octanol–water partition coefficient (Wildman–Crippen LogP) is 2.53. The number of aryl methyl sites for hydroxylation is 2. The standard InChI is InChI=1S/C25H33N5O2/c1-19-8-9-23(16-20(19)2)30-18-21(17-24(30)31)27-25(32)26-10-11-28-12-14-29(15-13-28)22-6-4-3-5-7-22/h3-9,16,21H,10-15,17-18H2,1-2H3,(H2,26,27,32). The maximum absolute atomic E-state index is 12.5. The van der Waals surface area contributed by atoms with Gasteiger partial charge in [0.2, 0.25) is 5.91 Å². The molecule has 2 heterocycles. The van der Waals surface area contributed by atoms with Crippen molar-refractivity contribution in [2.45, 2.75) is 26.3 Å². The van der Waals surface area contributed by atoms with Crippen molar-refractivity contribution in [1.82, 2.24) is 15.5 Å². The van der Waals surface area contributed by atoms with Gasteiger partial charge in [-0.15, -0.1) is 0 Å². The number of anilines is 2. The molecule has 0 spiro atoms. The van der Waals surface area contributed by atoms with Crippen molar-refractivity contribution in [3.63, 3.8) is 0 Å². The first-order valence-electron chi connectivity index (χ1n) is 11.4. The van der Waals surface area contributed by atoms with E-state index in [4.69, 9.17) is 0 Å². The van der Waals surface area contributed by atoms with Gasteiger partial charge in [0.05, 0.1) is 6.04 Å². The van der Waals surface area contributed by atoms with E-state index in [1.165, 1.54) is 11.3 Å². The molecule has 7 heteroatoms. The zero-order valence-corrected chi connectivity index (χ0v) is 19.0. The molecule has 2 aromatic carbocycles. The summed E-state index contributed by atoms with van der Waals surface area (Å²) in [4.78, 5) is 31.3. The molecule has 0 saturated carbocycles. The highest BCUT2D eigenvalue weighted by Gasteiger charge is 2.31. The minimum absolute atomic E-state index is 0.0508. The van der Waals surface area contributed by atoms with Gasteiger partial charge in [-0.1, -0.05) is 24.3 Å². The van der Waals surface area contributed by atoms with Crippen molar-refractivity contribution in [3.8, 4) is 0 Å². The molecule has 2 fully saturated rings. The molecule has 2 aliphatic rings. The summed E-state index contributed by atoms with van der Waals surface area (Å²) in [5.41, 5.74) is 4.54. The third-order valence-corrected chi connectivity index (χ3v) is 6.47. The van der Waals surface area contributed by atoms with Crippen LogP contribution in [0.3, 0.4) is 0 Å². The van der Waals surface area contributed by atoms with Crippen LogP contribution in [0, 0.1) is 13.8 Å². The molecule has 170 valence electrons. The summed E-state index contributed by atoms with van der Waals surface area (Å²) in [5, 5.41) is 5.91. The summed E-state index contributed by atoms with van der Waals surface area (Å²) >= 11 is 0. The highest BCUT2D eigenvalue weighted by molar-refractivity contribution is 5.96. The number of nitrogens with one attached hydrogen (secondary N) is 2. The second-order valence-electron chi connectivity index (χ2n) is 8.74. The van der Waals surface area contributed by atoms with Crippen molar-refractivity contribution < 1.29 is 9.59 Å². The van der Waals surface area contributed by atoms with E-state index in [-0.39, 0.29) is 18.0 Å². The average Bonchev–Trinajstić information content (AvgIpc) is 3.16. The minimum atomic E-state index is -0.201. The number of urea groups is 1. The Labute approximate surface area is 190 Å². The molecule has 2 N–H and O–H groups in total. The number of nitrogens with zero attached hydrogens (tertiary/aromatic N) is 3. The molecule has 0 radical (unpaired) electrons. The van der Waals surface area contributed by atoms with E-state index in [9.17, 15) is 9.59 Å². The molecule has 7 nitrogen and oxygen atoms in total. The molecule has 32 heavy (non-hydrogen) atoms. The maximum Gasteiger partial charge on any atom is 0.315 e. The SMILES string of the molecule is Cc1ccc(N2CC(NC(=O)NCCN3CCN(c4ccccc4)CC3)CC2=O)cc1C. The van der Waals surface area contributed by atoms with Crippen LogP contribution in [-0.4, -0.2) is 68.7 Å². The van der Waals surface area contributed by atoms with Gasteiger partial charge >= 0.3 is 6.03 Å². The smallest absolute Gasteiger partial charge is 0.315 e. The summed E-state index contributed by atoms with van der Waals surface area (Å²) in [6.07, 6.45) is 0.335. The maximum atomic E-state index is 12.5. The van der Waals surface area contributed by atoms with Crippen molar-refractivity contribution in [2.75, 3.05) is 55.6 Å². The Kier molecular flexibility index (Phi) is 6.95. The van der Waals surface area contributed by atoms with Crippen LogP contribution < -0.4 is 20.4 Å². The quantitative estimate of drug-likeness (QED) is 0.732. The predicted molar refractivity (Wildman–Crippen MR) is 128 cm³/mol. The molecule has 1 atom stereocenters. The lowest BCUT2D eigenvalue weighted by Gasteiger charge is -2.36. The van der Waals surface area contributed by atoms with Crippen LogP contribution in [0.15, 0.2) is 48.5 Å². The molecule has 0 bridgehead atoms. The number of carbonyl (C=O) groups excluding carboxylic acids is 2. The summed E-state index contributed by atoms with van der Waals surface area (Å²) in [7, 11) is 0. The van der Waals surface area contributed by atoms with Crippen LogP contribution in [-0.2, 0) is 4.79 Å². The van der Waals surface area contributed by atoms with Crippen molar-refractivity contribution >= 4 is 23.3 Å². The number of rotatable bonds is 6. The monoisotopic (exact) mass is 435 g/mol. The fraction of sp³-hybridized carbons (Fsp3) is 0.440. The number of carbonyl (C=O) groups is 2. The van der Waals surface area contributed by atoms with Crippen LogP contribution in [0.25, 0.3) is 0 Å². The van der Waals surface area contributed by atoms with Crippen LogP contribution in [0.1, 0.15) is 17.5 Å². The van der Waals surface area contributed by atoms with E-state index >= 15 is 0 Å². The average molecular weight is 436 g/mol. The fourth-order valence-corrected chi connectivity index (χ4v) is 4.38. The Morgan fingerprint density at radius 3 is 2.44 bits per heavy atom. The Balaban J connectivity index is 1.17. The number of benzene rings is 2. The molecular weight excluding hydrogens is 402 g/mol. The summed E-state index contributed by atoms with van der Waals surface area (Å²) in [6.45, 7) is 10.0. The lowest BCUT2D eigenvalue weighted by Crippen LogP contribution is -2.50. The number of hydrogen-bond acceptors (Lipinski definition) is 4. The van der Waals surface area contributed by atoms with Gasteiger partial charge in [-0.2, -0.15) is 0 Å². The van der Waals surface area contributed by atoms with E-state index in [0.29, 0.717) is 19.5 Å². The van der Waals surface area contributed by atoms with Gasteiger partial charge < -0.3 is 20.4 Å². The number of hydrogen-bond donors (Lipinski definition) is 2. The van der Waals surface area contributed by atoms with E-state index in [0.717, 1.165) is 44.0 Å². The minimum Gasteiger partial charge on any atom is -0.369 e. The Morgan fingerprint density at radius 1 is 0.969 bits per heavy atom. The highest BCUT2D eigenvalue weighted by atomic mass is 16.2. The van der Waals surface area contributed by atoms with Crippen molar-refractivity contribution in [1.29, 1.82) is 0 Å². The van der Waals surface area contributed by atoms with Crippen molar-refractivity contribution in [2.24, 2.45) is 0 Å². The molecule has 2 aliphatic heterocycles. The summed E-state index contributed by atoms with van der Waals surface area (Å²) in [6, 6.07) is 16.2. The molecule has 3 amide bonds. The Morgan fingerprint density at radius 2 is 1.72 bits per heavy atom. The van der Waals surface area contributed by atoms with E-state index < -0.39 is 0 Å². The third-order valence-electron chi connectivity index (χ3n) is 6.47. The lowest BCUT2D eigenvalue weighted by molar-refractivity contribution is -0.117. The zero-order chi connectivity index (χ0) is 22.5. The fourth-order valence-electron chi connectivity index (χ4n) is 4.38. The van der Waals surface area contributed by atoms with E-state index in [1.807, 2.05) is 31.2 Å². The largest absolute Gasteiger partial charge is 0.369 e. The summed E-state index contributed by atoms with van der Waals surface area (Å²) in [5.74, 6) is 0.0508. The number of piperazine rings is 1. The van der Waals surface area contributed by atoms with Gasteiger partial charge in [0.1, 0.15) is 0 Å². The van der Waals surface area contributed by atoms with E-state index in [1.54, 1.807) is 4.90 Å². The molecule has 4 rings (SSSR count). The Bertz CT molecular complexity index is 941. The van der Waals surface area contributed by atoms with Gasteiger partial charge in [0.15, 0.2) is 0 Å². The Hall–Kier alpha value is -3.06. The molecule has 2 aromatic rings. The first kappa shape index (κ1) is 22.1. The topological polar surface area (TPSA) is 67.9 Å². The molecular formula is C25H33N5O2. The second kappa shape index (κ2) is 10.0. The summed E-state index contributed by atoms with van der Waals surface area (Å²) < 4.78 is 0. The van der Waals surface area contributed by atoms with Gasteiger partial charge in [0, 0.05) is 63.6 Å². The molecule has 0 aromatic heterocycles. The van der Waals surface area contributed by atoms with Crippen LogP contribution in [0.2, 0.25) is 0 Å².